The van der Waals surface area contributed by atoms with Gasteiger partial charge in [-0.25, -0.2) is 4.99 Å². The first-order chi connectivity index (χ1) is 14.6. The minimum Gasteiger partial charge on any atom is -0.495 e. The summed E-state index contributed by atoms with van der Waals surface area (Å²) in [7, 11) is 1.63. The maximum absolute atomic E-state index is 13.1. The number of nitrogens with one attached hydrogen (secondary N) is 1. The number of halogens is 2. The summed E-state index contributed by atoms with van der Waals surface area (Å²) in [6.45, 7) is 0.353. The van der Waals surface area contributed by atoms with Crippen molar-refractivity contribution in [2.45, 2.75) is 32.2 Å². The first-order valence-corrected chi connectivity index (χ1v) is 12.0. The molecule has 3 aromatic rings. The number of carbonyl (C=O) groups excluding carboxylic acids is 1. The minimum atomic E-state index is -0.111. The van der Waals surface area contributed by atoms with Gasteiger partial charge in [-0.1, -0.05) is 15.9 Å². The van der Waals surface area contributed by atoms with Gasteiger partial charge >= 0.3 is 0 Å². The molecule has 0 saturated heterocycles. The van der Waals surface area contributed by atoms with Crippen LogP contribution in [-0.4, -0.2) is 19.2 Å². The molecule has 0 unspecified atom stereocenters. The summed E-state index contributed by atoms with van der Waals surface area (Å²) in [4.78, 5) is 19.1. The lowest BCUT2D eigenvalue weighted by Crippen LogP contribution is -2.23. The highest BCUT2D eigenvalue weighted by atomic mass is 79.9. The number of carbonyl (C=O) groups is 1. The van der Waals surface area contributed by atoms with E-state index in [0.29, 0.717) is 17.9 Å². The Labute approximate surface area is 195 Å². The number of benzene rings is 1. The number of rotatable bonds is 6. The van der Waals surface area contributed by atoms with Gasteiger partial charge in [-0.05, 0) is 71.4 Å². The first kappa shape index (κ1) is 21.3. The SMILES string of the molecule is COc1c(Br)cc(Br)cc1C=Nc1sc2c(c1C(=O)NCc1ccco1)CCCC2. The van der Waals surface area contributed by atoms with Crippen molar-refractivity contribution < 1.29 is 13.9 Å². The molecule has 5 nitrogen and oxygen atoms in total. The Kier molecular flexibility index (Phi) is 6.75. The van der Waals surface area contributed by atoms with Crippen LogP contribution in [0.15, 0.2) is 48.9 Å². The molecule has 1 N–H and O–H groups in total. The smallest absolute Gasteiger partial charge is 0.255 e. The lowest BCUT2D eigenvalue weighted by atomic mass is 9.95. The standard InChI is InChI=1S/C22H20Br2N2O3S/c1-28-20-13(9-14(23)10-17(20)24)11-26-22-19(16-6-2-3-7-18(16)30-22)21(27)25-12-15-5-4-8-29-15/h4-5,8-11H,2-3,6-7,12H2,1H3,(H,25,27). The van der Waals surface area contributed by atoms with E-state index in [4.69, 9.17) is 14.1 Å². The van der Waals surface area contributed by atoms with E-state index in [1.807, 2.05) is 24.3 Å². The fraction of sp³-hybridized carbons (Fsp3) is 0.273. The van der Waals surface area contributed by atoms with E-state index >= 15 is 0 Å². The van der Waals surface area contributed by atoms with Gasteiger partial charge in [-0.3, -0.25) is 4.79 Å². The number of amides is 1. The van der Waals surface area contributed by atoms with Crippen molar-refractivity contribution in [3.63, 3.8) is 0 Å². The number of aliphatic imine (C=N–C) groups is 1. The van der Waals surface area contributed by atoms with E-state index < -0.39 is 0 Å². The third-order valence-electron chi connectivity index (χ3n) is 4.95. The summed E-state index contributed by atoms with van der Waals surface area (Å²) >= 11 is 8.64. The highest BCUT2D eigenvalue weighted by molar-refractivity contribution is 9.11. The minimum absolute atomic E-state index is 0.111. The zero-order valence-corrected chi connectivity index (χ0v) is 20.3. The summed E-state index contributed by atoms with van der Waals surface area (Å²) in [5, 5.41) is 3.71. The predicted octanol–water partition coefficient (Wildman–Crippen LogP) is 6.43. The van der Waals surface area contributed by atoms with Crippen LogP contribution in [0.2, 0.25) is 0 Å². The fourth-order valence-corrected chi connectivity index (χ4v) is 6.22. The maximum atomic E-state index is 13.1. The van der Waals surface area contributed by atoms with Gasteiger partial charge in [0.2, 0.25) is 0 Å². The summed E-state index contributed by atoms with van der Waals surface area (Å²) in [6.07, 6.45) is 7.52. The van der Waals surface area contributed by atoms with Crippen LogP contribution in [0.25, 0.3) is 0 Å². The Morgan fingerprint density at radius 1 is 1.33 bits per heavy atom. The second-order valence-electron chi connectivity index (χ2n) is 6.92. The molecule has 1 amide bonds. The number of ether oxygens (including phenoxy) is 1. The molecule has 0 spiro atoms. The van der Waals surface area contributed by atoms with Crippen LogP contribution in [0.5, 0.6) is 5.75 Å². The number of nitrogens with zero attached hydrogens (tertiary/aromatic N) is 1. The van der Waals surface area contributed by atoms with E-state index in [2.05, 4.69) is 37.2 Å². The Morgan fingerprint density at radius 2 is 2.17 bits per heavy atom. The van der Waals surface area contributed by atoms with E-state index in [1.165, 1.54) is 4.88 Å². The summed E-state index contributed by atoms with van der Waals surface area (Å²) in [5.74, 6) is 1.31. The van der Waals surface area contributed by atoms with Crippen LogP contribution >= 0.6 is 43.2 Å². The number of furan rings is 1. The number of hydrogen-bond acceptors (Lipinski definition) is 5. The normalized spacial score (nSPS) is 13.4. The molecule has 8 heteroatoms. The quantitative estimate of drug-likeness (QED) is 0.359. The number of thiophene rings is 1. The molecule has 2 aromatic heterocycles. The van der Waals surface area contributed by atoms with Crippen molar-refractivity contribution in [1.82, 2.24) is 5.32 Å². The van der Waals surface area contributed by atoms with Crippen molar-refractivity contribution in [3.8, 4) is 5.75 Å². The number of aryl methyl sites for hydroxylation is 1. The molecule has 156 valence electrons. The molecule has 0 fully saturated rings. The molecule has 1 aliphatic carbocycles. The summed E-state index contributed by atoms with van der Waals surface area (Å²) in [5.41, 5.74) is 2.65. The number of hydrogen-bond donors (Lipinski definition) is 1. The van der Waals surface area contributed by atoms with Crippen LogP contribution < -0.4 is 10.1 Å². The summed E-state index contributed by atoms with van der Waals surface area (Å²) < 4.78 is 12.6. The molecular weight excluding hydrogens is 532 g/mol. The van der Waals surface area contributed by atoms with Crippen molar-refractivity contribution in [2.75, 3.05) is 7.11 Å². The molecule has 2 heterocycles. The average molecular weight is 552 g/mol. The average Bonchev–Trinajstić information content (AvgIpc) is 3.37. The predicted molar refractivity (Wildman–Crippen MR) is 126 cm³/mol. The van der Waals surface area contributed by atoms with Gasteiger partial charge in [0.25, 0.3) is 5.91 Å². The lowest BCUT2D eigenvalue weighted by Gasteiger charge is -2.12. The molecule has 0 bridgehead atoms. The van der Waals surface area contributed by atoms with Crippen molar-refractivity contribution in [2.24, 2.45) is 4.99 Å². The zero-order valence-electron chi connectivity index (χ0n) is 16.3. The third kappa shape index (κ3) is 4.55. The molecule has 4 rings (SSSR count). The monoisotopic (exact) mass is 550 g/mol. The first-order valence-electron chi connectivity index (χ1n) is 9.59. The van der Waals surface area contributed by atoms with Crippen LogP contribution in [0.1, 0.15) is 45.0 Å². The van der Waals surface area contributed by atoms with Crippen LogP contribution in [-0.2, 0) is 19.4 Å². The molecule has 0 atom stereocenters. The highest BCUT2D eigenvalue weighted by Gasteiger charge is 2.25. The second kappa shape index (κ2) is 9.49. The number of methoxy groups -OCH3 is 1. The van der Waals surface area contributed by atoms with Crippen LogP contribution in [0, 0.1) is 0 Å². The maximum Gasteiger partial charge on any atom is 0.255 e. The van der Waals surface area contributed by atoms with Gasteiger partial charge in [0.15, 0.2) is 0 Å². The molecule has 1 aromatic carbocycles. The van der Waals surface area contributed by atoms with Gasteiger partial charge in [0, 0.05) is 21.1 Å². The fourth-order valence-electron chi connectivity index (χ4n) is 3.57. The topological polar surface area (TPSA) is 63.8 Å². The van der Waals surface area contributed by atoms with E-state index in [9.17, 15) is 4.79 Å². The van der Waals surface area contributed by atoms with Crippen molar-refractivity contribution in [1.29, 1.82) is 0 Å². The second-order valence-corrected chi connectivity index (χ2v) is 9.78. The molecule has 30 heavy (non-hydrogen) atoms. The Balaban J connectivity index is 1.67. The van der Waals surface area contributed by atoms with E-state index in [-0.39, 0.29) is 5.91 Å². The molecular formula is C22H20Br2N2O3S. The zero-order chi connectivity index (χ0) is 21.1. The van der Waals surface area contributed by atoms with Crippen LogP contribution in [0.4, 0.5) is 5.00 Å². The molecule has 0 saturated carbocycles. The van der Waals surface area contributed by atoms with Gasteiger partial charge in [0.1, 0.15) is 16.5 Å². The summed E-state index contributed by atoms with van der Waals surface area (Å²) in [6, 6.07) is 7.53. The third-order valence-corrected chi connectivity index (χ3v) is 7.19. The van der Waals surface area contributed by atoms with Crippen LogP contribution in [0.3, 0.4) is 0 Å². The lowest BCUT2D eigenvalue weighted by molar-refractivity contribution is 0.0948. The van der Waals surface area contributed by atoms with Gasteiger partial charge < -0.3 is 14.5 Å². The van der Waals surface area contributed by atoms with Gasteiger partial charge in [0.05, 0.1) is 30.0 Å². The Morgan fingerprint density at radius 3 is 2.93 bits per heavy atom. The van der Waals surface area contributed by atoms with Gasteiger partial charge in [-0.15, -0.1) is 11.3 Å². The highest BCUT2D eigenvalue weighted by Crippen LogP contribution is 2.40. The largest absolute Gasteiger partial charge is 0.495 e. The molecule has 0 aliphatic heterocycles. The van der Waals surface area contributed by atoms with Crippen molar-refractivity contribution >= 4 is 60.3 Å². The Bertz CT molecular complexity index is 1090. The van der Waals surface area contributed by atoms with E-state index in [1.54, 1.807) is 30.9 Å². The molecule has 1 aliphatic rings. The molecule has 0 radical (unpaired) electrons. The van der Waals surface area contributed by atoms with Gasteiger partial charge in [-0.2, -0.15) is 0 Å². The number of fused-ring (bicyclic) bond motifs is 1. The van der Waals surface area contributed by atoms with E-state index in [0.717, 1.165) is 56.5 Å². The van der Waals surface area contributed by atoms with Crippen molar-refractivity contribution in [3.05, 3.63) is 66.8 Å². The Hall–Kier alpha value is -1.90.